The van der Waals surface area contributed by atoms with Crippen molar-refractivity contribution in [2.45, 2.75) is 18.9 Å². The number of amides is 2. The summed E-state index contributed by atoms with van der Waals surface area (Å²) in [4.78, 5) is 24.0. The molecule has 1 aliphatic rings. The number of rotatable bonds is 5. The largest absolute Gasteiger partial charge is 0.395 e. The number of hydrogen-bond donors (Lipinski definition) is 3. The SMILES string of the molecule is O=C1CC[C@@H](C(=O)N(CCO)CCO)N1. The Morgan fingerprint density at radius 2 is 2.00 bits per heavy atom. The van der Waals surface area contributed by atoms with Crippen LogP contribution < -0.4 is 5.32 Å². The third-order valence-corrected chi connectivity index (χ3v) is 2.34. The van der Waals surface area contributed by atoms with Crippen LogP contribution in [-0.4, -0.2) is 59.3 Å². The van der Waals surface area contributed by atoms with E-state index < -0.39 is 6.04 Å². The molecule has 0 bridgehead atoms. The summed E-state index contributed by atoms with van der Waals surface area (Å²) >= 11 is 0. The second kappa shape index (κ2) is 5.67. The average Bonchev–Trinajstić information content (AvgIpc) is 2.63. The van der Waals surface area contributed by atoms with Crippen LogP contribution in [0.25, 0.3) is 0 Å². The summed E-state index contributed by atoms with van der Waals surface area (Å²) < 4.78 is 0. The first-order chi connectivity index (χ1) is 7.19. The number of aliphatic hydroxyl groups is 2. The molecule has 0 saturated carbocycles. The maximum Gasteiger partial charge on any atom is 0.245 e. The third kappa shape index (κ3) is 3.17. The zero-order chi connectivity index (χ0) is 11.3. The summed E-state index contributed by atoms with van der Waals surface area (Å²) in [6, 6.07) is -0.490. The van der Waals surface area contributed by atoms with Crippen LogP contribution in [0.5, 0.6) is 0 Å². The zero-order valence-corrected chi connectivity index (χ0v) is 8.48. The lowest BCUT2D eigenvalue weighted by atomic mass is 10.2. The molecule has 1 rings (SSSR count). The highest BCUT2D eigenvalue weighted by molar-refractivity contribution is 5.90. The standard InChI is InChI=1S/C9H16N2O4/c12-5-3-11(4-6-13)9(15)7-1-2-8(14)10-7/h7,12-13H,1-6H2,(H,10,14)/t7-/m0/s1. The highest BCUT2D eigenvalue weighted by Crippen LogP contribution is 2.09. The summed E-state index contributed by atoms with van der Waals surface area (Å²) in [5.41, 5.74) is 0. The minimum Gasteiger partial charge on any atom is -0.395 e. The van der Waals surface area contributed by atoms with Gasteiger partial charge in [0, 0.05) is 19.5 Å². The molecule has 1 heterocycles. The monoisotopic (exact) mass is 216 g/mol. The molecule has 6 nitrogen and oxygen atoms in total. The van der Waals surface area contributed by atoms with Crippen LogP contribution in [-0.2, 0) is 9.59 Å². The van der Waals surface area contributed by atoms with E-state index in [0.717, 1.165) is 0 Å². The van der Waals surface area contributed by atoms with E-state index in [1.165, 1.54) is 4.90 Å². The molecule has 1 saturated heterocycles. The van der Waals surface area contributed by atoms with E-state index >= 15 is 0 Å². The molecule has 0 aromatic rings. The van der Waals surface area contributed by atoms with Crippen molar-refractivity contribution in [2.24, 2.45) is 0 Å². The van der Waals surface area contributed by atoms with Crippen LogP contribution >= 0.6 is 0 Å². The lowest BCUT2D eigenvalue weighted by Crippen LogP contribution is -2.46. The van der Waals surface area contributed by atoms with Gasteiger partial charge in [-0.2, -0.15) is 0 Å². The van der Waals surface area contributed by atoms with Crippen molar-refractivity contribution >= 4 is 11.8 Å². The molecule has 1 fully saturated rings. The maximum atomic E-state index is 11.8. The first kappa shape index (κ1) is 11.9. The van der Waals surface area contributed by atoms with E-state index in [1.54, 1.807) is 0 Å². The van der Waals surface area contributed by atoms with Crippen LogP contribution in [0.4, 0.5) is 0 Å². The highest BCUT2D eigenvalue weighted by atomic mass is 16.3. The normalized spacial score (nSPS) is 20.1. The van der Waals surface area contributed by atoms with Crippen molar-refractivity contribution < 1.29 is 19.8 Å². The number of hydrogen-bond acceptors (Lipinski definition) is 4. The van der Waals surface area contributed by atoms with E-state index in [9.17, 15) is 9.59 Å². The molecule has 1 atom stereocenters. The molecule has 0 radical (unpaired) electrons. The van der Waals surface area contributed by atoms with Crippen molar-refractivity contribution in [3.63, 3.8) is 0 Å². The van der Waals surface area contributed by atoms with Gasteiger partial charge in [0.15, 0.2) is 0 Å². The Hall–Kier alpha value is -1.14. The van der Waals surface area contributed by atoms with Gasteiger partial charge >= 0.3 is 0 Å². The minimum absolute atomic E-state index is 0.124. The van der Waals surface area contributed by atoms with Crippen molar-refractivity contribution in [1.82, 2.24) is 10.2 Å². The molecule has 0 unspecified atom stereocenters. The van der Waals surface area contributed by atoms with Crippen LogP contribution in [0.2, 0.25) is 0 Å². The maximum absolute atomic E-state index is 11.8. The molecule has 86 valence electrons. The van der Waals surface area contributed by atoms with E-state index in [1.807, 2.05) is 0 Å². The second-order valence-corrected chi connectivity index (χ2v) is 3.43. The van der Waals surface area contributed by atoms with Gasteiger partial charge in [-0.15, -0.1) is 0 Å². The lowest BCUT2D eigenvalue weighted by molar-refractivity contribution is -0.135. The van der Waals surface area contributed by atoms with E-state index in [0.29, 0.717) is 12.8 Å². The summed E-state index contributed by atoms with van der Waals surface area (Å²) in [6.07, 6.45) is 0.855. The zero-order valence-electron chi connectivity index (χ0n) is 8.48. The smallest absolute Gasteiger partial charge is 0.245 e. The van der Waals surface area contributed by atoms with Gasteiger partial charge in [-0.25, -0.2) is 0 Å². The van der Waals surface area contributed by atoms with Crippen molar-refractivity contribution in [2.75, 3.05) is 26.3 Å². The first-order valence-electron chi connectivity index (χ1n) is 4.99. The fourth-order valence-electron chi connectivity index (χ4n) is 1.59. The fourth-order valence-corrected chi connectivity index (χ4v) is 1.59. The molecule has 0 spiro atoms. The number of carbonyl (C=O) groups excluding carboxylic acids is 2. The van der Waals surface area contributed by atoms with Crippen molar-refractivity contribution in [1.29, 1.82) is 0 Å². The Bertz CT molecular complexity index is 238. The molecule has 0 aromatic carbocycles. The Morgan fingerprint density at radius 1 is 1.40 bits per heavy atom. The first-order valence-corrected chi connectivity index (χ1v) is 4.99. The second-order valence-electron chi connectivity index (χ2n) is 3.43. The molecule has 15 heavy (non-hydrogen) atoms. The Balaban J connectivity index is 2.51. The quantitative estimate of drug-likeness (QED) is 0.499. The minimum atomic E-state index is -0.490. The number of aliphatic hydroxyl groups excluding tert-OH is 2. The third-order valence-electron chi connectivity index (χ3n) is 2.34. The Kier molecular flexibility index (Phi) is 4.51. The summed E-state index contributed by atoms with van der Waals surface area (Å²) in [5.74, 6) is -0.356. The van der Waals surface area contributed by atoms with Gasteiger partial charge in [0.1, 0.15) is 6.04 Å². The van der Waals surface area contributed by atoms with Gasteiger partial charge in [0.05, 0.1) is 13.2 Å². The van der Waals surface area contributed by atoms with Gasteiger partial charge in [-0.05, 0) is 6.42 Å². The number of nitrogens with zero attached hydrogens (tertiary/aromatic N) is 1. The number of nitrogens with one attached hydrogen (secondary N) is 1. The Morgan fingerprint density at radius 3 is 2.40 bits per heavy atom. The topological polar surface area (TPSA) is 89.9 Å². The van der Waals surface area contributed by atoms with Gasteiger partial charge in [0.25, 0.3) is 0 Å². The lowest BCUT2D eigenvalue weighted by Gasteiger charge is -2.23. The van der Waals surface area contributed by atoms with Crippen molar-refractivity contribution in [3.8, 4) is 0 Å². The molecule has 2 amide bonds. The molecular weight excluding hydrogens is 200 g/mol. The molecule has 1 aliphatic heterocycles. The van der Waals surface area contributed by atoms with Gasteiger partial charge in [-0.3, -0.25) is 9.59 Å². The molecular formula is C9H16N2O4. The van der Waals surface area contributed by atoms with E-state index in [2.05, 4.69) is 5.32 Å². The summed E-state index contributed by atoms with van der Waals surface area (Å²) in [7, 11) is 0. The van der Waals surface area contributed by atoms with Gasteiger partial charge < -0.3 is 20.4 Å². The van der Waals surface area contributed by atoms with Crippen LogP contribution in [0, 0.1) is 0 Å². The molecule has 0 aromatic heterocycles. The molecule has 6 heteroatoms. The number of carbonyl (C=O) groups is 2. The van der Waals surface area contributed by atoms with Crippen LogP contribution in [0.3, 0.4) is 0 Å². The van der Waals surface area contributed by atoms with Gasteiger partial charge in [0.2, 0.25) is 11.8 Å². The van der Waals surface area contributed by atoms with Crippen molar-refractivity contribution in [3.05, 3.63) is 0 Å². The Labute approximate surface area is 87.9 Å². The van der Waals surface area contributed by atoms with Crippen LogP contribution in [0.15, 0.2) is 0 Å². The predicted octanol–water partition coefficient (Wildman–Crippen LogP) is -1.92. The summed E-state index contributed by atoms with van der Waals surface area (Å²) in [5, 5.41) is 20.0. The fraction of sp³-hybridized carbons (Fsp3) is 0.778. The summed E-state index contributed by atoms with van der Waals surface area (Å²) in [6.45, 7) is 0.0797. The van der Waals surface area contributed by atoms with E-state index in [4.69, 9.17) is 10.2 Å². The highest BCUT2D eigenvalue weighted by Gasteiger charge is 2.30. The van der Waals surface area contributed by atoms with Crippen LogP contribution in [0.1, 0.15) is 12.8 Å². The molecule has 3 N–H and O–H groups in total. The predicted molar refractivity (Wildman–Crippen MR) is 51.9 cm³/mol. The van der Waals surface area contributed by atoms with E-state index in [-0.39, 0.29) is 38.1 Å². The van der Waals surface area contributed by atoms with Gasteiger partial charge in [-0.1, -0.05) is 0 Å². The average molecular weight is 216 g/mol. The molecule has 0 aliphatic carbocycles.